The monoisotopic (exact) mass is 375 g/mol. The molecule has 0 aliphatic heterocycles. The number of halogens is 1. The summed E-state index contributed by atoms with van der Waals surface area (Å²) in [5.74, 6) is -0.889. The predicted octanol–water partition coefficient (Wildman–Crippen LogP) is 3.08. The zero-order valence-corrected chi connectivity index (χ0v) is 14.9. The molecule has 0 radical (unpaired) electrons. The number of carbonyl (C=O) groups is 2. The van der Waals surface area contributed by atoms with Crippen LogP contribution in [0.2, 0.25) is 5.02 Å². The van der Waals surface area contributed by atoms with Crippen molar-refractivity contribution < 1.29 is 23.8 Å². The summed E-state index contributed by atoms with van der Waals surface area (Å²) in [5, 5.41) is 0.109. The third-order valence-corrected chi connectivity index (χ3v) is 3.53. The Hall–Kier alpha value is -2.99. The molecule has 2 N–H and O–H groups in total. The molecular weight excluding hydrogens is 358 g/mol. The molecule has 0 saturated carbocycles. The lowest BCUT2D eigenvalue weighted by atomic mass is 10.2. The maximum Gasteiger partial charge on any atom is 0.338 e. The quantitative estimate of drug-likeness (QED) is 0.716. The van der Waals surface area contributed by atoms with Crippen molar-refractivity contribution in [3.8, 4) is 11.5 Å². The van der Waals surface area contributed by atoms with E-state index in [1.54, 1.807) is 6.08 Å². The van der Waals surface area contributed by atoms with Gasteiger partial charge in [0.05, 0.1) is 17.7 Å². The first-order valence-electron chi connectivity index (χ1n) is 7.68. The maximum atomic E-state index is 12.2. The molecule has 0 atom stereocenters. The van der Waals surface area contributed by atoms with Crippen LogP contribution in [0.25, 0.3) is 6.08 Å². The van der Waals surface area contributed by atoms with Crippen molar-refractivity contribution in [2.75, 3.05) is 20.3 Å². The zero-order valence-electron chi connectivity index (χ0n) is 14.1. The molecule has 0 heterocycles. The van der Waals surface area contributed by atoms with Gasteiger partial charge in [0.1, 0.15) is 6.61 Å². The molecule has 1 amide bonds. The summed E-state index contributed by atoms with van der Waals surface area (Å²) in [4.78, 5) is 23.0. The van der Waals surface area contributed by atoms with E-state index in [-0.39, 0.29) is 35.3 Å². The number of hydrogen-bond acceptors (Lipinski definition) is 5. The second kappa shape index (κ2) is 9.48. The minimum absolute atomic E-state index is 0.105. The fourth-order valence-electron chi connectivity index (χ4n) is 2.08. The Morgan fingerprint density at radius 1 is 1.19 bits per heavy atom. The second-order valence-electron chi connectivity index (χ2n) is 5.16. The van der Waals surface area contributed by atoms with Crippen LogP contribution in [0.1, 0.15) is 15.9 Å². The van der Waals surface area contributed by atoms with E-state index in [4.69, 9.17) is 31.5 Å². The highest BCUT2D eigenvalue weighted by molar-refractivity contribution is 6.32. The van der Waals surface area contributed by atoms with E-state index < -0.39 is 11.9 Å². The Morgan fingerprint density at radius 3 is 2.58 bits per heavy atom. The fourth-order valence-corrected chi connectivity index (χ4v) is 2.34. The molecule has 2 rings (SSSR count). The van der Waals surface area contributed by atoms with Gasteiger partial charge in [-0.1, -0.05) is 48.0 Å². The van der Waals surface area contributed by atoms with E-state index in [9.17, 15) is 9.59 Å². The Balaban J connectivity index is 2.03. The molecule has 0 unspecified atom stereocenters. The molecule has 0 aromatic heterocycles. The number of carbonyl (C=O) groups excluding carboxylic acids is 2. The smallest absolute Gasteiger partial charge is 0.338 e. The third kappa shape index (κ3) is 5.53. The van der Waals surface area contributed by atoms with Gasteiger partial charge in [0, 0.05) is 0 Å². The number of nitrogens with two attached hydrogens (primary N) is 1. The Bertz CT molecular complexity index is 805. The average molecular weight is 376 g/mol. The van der Waals surface area contributed by atoms with E-state index in [1.165, 1.54) is 19.2 Å². The molecule has 7 heteroatoms. The van der Waals surface area contributed by atoms with Crippen LogP contribution in [-0.4, -0.2) is 32.2 Å². The van der Waals surface area contributed by atoms with Crippen molar-refractivity contribution in [3.63, 3.8) is 0 Å². The zero-order chi connectivity index (χ0) is 18.9. The van der Waals surface area contributed by atoms with Crippen LogP contribution >= 0.6 is 11.6 Å². The third-order valence-electron chi connectivity index (χ3n) is 3.24. The van der Waals surface area contributed by atoms with Crippen molar-refractivity contribution in [3.05, 3.63) is 64.7 Å². The fraction of sp³-hybridized carbons (Fsp3) is 0.158. The lowest BCUT2D eigenvalue weighted by Crippen LogP contribution is -2.20. The Morgan fingerprint density at radius 2 is 1.92 bits per heavy atom. The number of hydrogen-bond donors (Lipinski definition) is 1. The highest BCUT2D eigenvalue weighted by Crippen LogP contribution is 2.36. The van der Waals surface area contributed by atoms with Crippen molar-refractivity contribution in [2.45, 2.75) is 0 Å². The molecule has 2 aromatic carbocycles. The summed E-state index contributed by atoms with van der Waals surface area (Å²) in [6.07, 6.45) is 3.58. The van der Waals surface area contributed by atoms with Crippen LogP contribution in [0.4, 0.5) is 0 Å². The maximum absolute atomic E-state index is 12.2. The van der Waals surface area contributed by atoms with Gasteiger partial charge in [-0.05, 0) is 23.8 Å². The van der Waals surface area contributed by atoms with E-state index in [2.05, 4.69) is 0 Å². The number of rotatable bonds is 8. The first-order chi connectivity index (χ1) is 12.5. The van der Waals surface area contributed by atoms with Crippen LogP contribution in [0.3, 0.4) is 0 Å². The SMILES string of the molecule is COc1cc(C(=O)OC/C=C\c2ccccc2)cc(Cl)c1OCC(N)=O. The number of ether oxygens (including phenoxy) is 3. The van der Waals surface area contributed by atoms with Gasteiger partial charge in [0.25, 0.3) is 5.91 Å². The number of amides is 1. The summed E-state index contributed by atoms with van der Waals surface area (Å²) in [7, 11) is 1.39. The number of primary amides is 1. The molecule has 0 saturated heterocycles. The van der Waals surface area contributed by atoms with Crippen LogP contribution in [0.5, 0.6) is 11.5 Å². The molecule has 6 nitrogen and oxygen atoms in total. The largest absolute Gasteiger partial charge is 0.493 e. The molecule has 0 fully saturated rings. The summed E-state index contributed by atoms with van der Waals surface area (Å²) < 4.78 is 15.5. The first kappa shape index (κ1) is 19.3. The van der Waals surface area contributed by atoms with Crippen molar-refractivity contribution >= 4 is 29.6 Å². The average Bonchev–Trinajstić information content (AvgIpc) is 2.64. The van der Waals surface area contributed by atoms with Gasteiger partial charge >= 0.3 is 5.97 Å². The van der Waals surface area contributed by atoms with Crippen molar-refractivity contribution in [2.24, 2.45) is 5.73 Å². The van der Waals surface area contributed by atoms with Gasteiger partial charge in [0.15, 0.2) is 18.1 Å². The minimum atomic E-state index is -0.656. The lowest BCUT2D eigenvalue weighted by Gasteiger charge is -2.12. The van der Waals surface area contributed by atoms with Gasteiger partial charge < -0.3 is 19.9 Å². The molecule has 0 bridgehead atoms. The summed E-state index contributed by atoms with van der Waals surface area (Å²) in [6, 6.07) is 12.4. The normalized spacial score (nSPS) is 10.5. The van der Waals surface area contributed by atoms with Gasteiger partial charge in [-0.2, -0.15) is 0 Å². The van der Waals surface area contributed by atoms with E-state index >= 15 is 0 Å². The van der Waals surface area contributed by atoms with Crippen LogP contribution in [0.15, 0.2) is 48.5 Å². The number of esters is 1. The molecular formula is C19H18ClNO5. The topological polar surface area (TPSA) is 87.8 Å². The first-order valence-corrected chi connectivity index (χ1v) is 8.06. The molecule has 0 aliphatic rings. The van der Waals surface area contributed by atoms with E-state index in [0.29, 0.717) is 0 Å². The summed E-state index contributed by atoms with van der Waals surface area (Å²) in [6.45, 7) is -0.252. The minimum Gasteiger partial charge on any atom is -0.493 e. The Kier molecular flexibility index (Phi) is 7.05. The Labute approximate surface area is 156 Å². The second-order valence-corrected chi connectivity index (χ2v) is 5.56. The standard InChI is InChI=1S/C19H18ClNO5/c1-24-16-11-14(10-15(20)18(16)26-12-17(21)22)19(23)25-9-5-8-13-6-3-2-4-7-13/h2-8,10-11H,9,12H2,1H3,(H2,21,22)/b8-5-. The number of methoxy groups -OCH3 is 1. The van der Waals surface area contributed by atoms with Crippen LogP contribution < -0.4 is 15.2 Å². The molecule has 26 heavy (non-hydrogen) atoms. The predicted molar refractivity (Wildman–Crippen MR) is 98.5 cm³/mol. The number of benzene rings is 2. The lowest BCUT2D eigenvalue weighted by molar-refractivity contribution is -0.119. The molecule has 0 aliphatic carbocycles. The van der Waals surface area contributed by atoms with E-state index in [0.717, 1.165) is 5.56 Å². The van der Waals surface area contributed by atoms with Gasteiger partial charge in [-0.25, -0.2) is 4.79 Å². The van der Waals surface area contributed by atoms with Crippen molar-refractivity contribution in [1.82, 2.24) is 0 Å². The van der Waals surface area contributed by atoms with Gasteiger partial charge in [-0.3, -0.25) is 4.79 Å². The summed E-state index contributed by atoms with van der Waals surface area (Å²) in [5.41, 5.74) is 6.25. The molecule has 0 spiro atoms. The van der Waals surface area contributed by atoms with Crippen molar-refractivity contribution in [1.29, 1.82) is 0 Å². The van der Waals surface area contributed by atoms with Gasteiger partial charge in [-0.15, -0.1) is 0 Å². The van der Waals surface area contributed by atoms with Crippen LogP contribution in [0, 0.1) is 0 Å². The van der Waals surface area contributed by atoms with E-state index in [1.807, 2.05) is 36.4 Å². The molecule has 2 aromatic rings. The van der Waals surface area contributed by atoms with Crippen LogP contribution in [-0.2, 0) is 9.53 Å². The molecule has 136 valence electrons. The highest BCUT2D eigenvalue weighted by atomic mass is 35.5. The highest BCUT2D eigenvalue weighted by Gasteiger charge is 2.17. The van der Waals surface area contributed by atoms with Gasteiger partial charge in [0.2, 0.25) is 0 Å². The summed E-state index contributed by atoms with van der Waals surface area (Å²) >= 11 is 6.10.